The summed E-state index contributed by atoms with van der Waals surface area (Å²) in [6.45, 7) is 8.30. The van der Waals surface area contributed by atoms with Crippen LogP contribution in [0.1, 0.15) is 53.4 Å². The molecule has 88 valence electrons. The molecule has 0 aromatic heterocycles. The monoisotopic (exact) mass is 212 g/mol. The van der Waals surface area contributed by atoms with Gasteiger partial charge in [0.05, 0.1) is 5.54 Å². The Kier molecular flexibility index (Phi) is 3.44. The molecule has 3 heteroatoms. The molecule has 0 aromatic carbocycles. The summed E-state index contributed by atoms with van der Waals surface area (Å²) in [5, 5.41) is 3.38. The third-order valence-corrected chi connectivity index (χ3v) is 3.39. The van der Waals surface area contributed by atoms with Gasteiger partial charge in [0, 0.05) is 6.04 Å². The molecule has 0 radical (unpaired) electrons. The van der Waals surface area contributed by atoms with Gasteiger partial charge in [0.15, 0.2) is 0 Å². The molecular formula is C12H24N2O. The van der Waals surface area contributed by atoms with Gasteiger partial charge in [-0.1, -0.05) is 20.3 Å². The minimum absolute atomic E-state index is 0.272. The van der Waals surface area contributed by atoms with E-state index < -0.39 is 5.54 Å². The summed E-state index contributed by atoms with van der Waals surface area (Å²) in [5.41, 5.74) is 5.16. The van der Waals surface area contributed by atoms with Crippen molar-refractivity contribution in [2.45, 2.75) is 65.0 Å². The lowest BCUT2D eigenvalue weighted by atomic mass is 9.74. The number of hydrogen-bond acceptors (Lipinski definition) is 2. The number of nitrogens with one attached hydrogen (secondary N) is 1. The van der Waals surface area contributed by atoms with Crippen molar-refractivity contribution < 1.29 is 4.79 Å². The van der Waals surface area contributed by atoms with Gasteiger partial charge in [-0.15, -0.1) is 0 Å². The number of primary amides is 1. The second-order valence-electron chi connectivity index (χ2n) is 6.09. The molecule has 3 N–H and O–H groups in total. The van der Waals surface area contributed by atoms with E-state index in [4.69, 9.17) is 5.73 Å². The largest absolute Gasteiger partial charge is 0.368 e. The molecule has 1 saturated carbocycles. The Morgan fingerprint density at radius 1 is 1.47 bits per heavy atom. The van der Waals surface area contributed by atoms with Gasteiger partial charge in [0.1, 0.15) is 0 Å². The lowest BCUT2D eigenvalue weighted by Crippen LogP contribution is -2.55. The lowest BCUT2D eigenvalue weighted by Gasteiger charge is -2.39. The molecule has 0 saturated heterocycles. The third kappa shape index (κ3) is 3.49. The van der Waals surface area contributed by atoms with Crippen LogP contribution >= 0.6 is 0 Å². The van der Waals surface area contributed by atoms with Gasteiger partial charge in [-0.25, -0.2) is 0 Å². The lowest BCUT2D eigenvalue weighted by molar-refractivity contribution is -0.123. The van der Waals surface area contributed by atoms with Crippen LogP contribution in [0.3, 0.4) is 0 Å². The molecule has 15 heavy (non-hydrogen) atoms. The van der Waals surface area contributed by atoms with E-state index in [1.165, 1.54) is 12.8 Å². The first kappa shape index (κ1) is 12.5. The van der Waals surface area contributed by atoms with E-state index in [-0.39, 0.29) is 5.91 Å². The van der Waals surface area contributed by atoms with Crippen LogP contribution < -0.4 is 11.1 Å². The highest BCUT2D eigenvalue weighted by Crippen LogP contribution is 2.35. The highest BCUT2D eigenvalue weighted by Gasteiger charge is 2.33. The van der Waals surface area contributed by atoms with Crippen LogP contribution in [0, 0.1) is 5.41 Å². The van der Waals surface area contributed by atoms with E-state index in [1.54, 1.807) is 0 Å². The Bertz CT molecular complexity index is 246. The molecular weight excluding hydrogens is 188 g/mol. The quantitative estimate of drug-likeness (QED) is 0.749. The average molecular weight is 212 g/mol. The van der Waals surface area contributed by atoms with Gasteiger partial charge >= 0.3 is 0 Å². The molecule has 1 aliphatic carbocycles. The summed E-state index contributed by atoms with van der Waals surface area (Å²) >= 11 is 0. The van der Waals surface area contributed by atoms with Gasteiger partial charge in [-0.2, -0.15) is 0 Å². The number of nitrogens with two attached hydrogens (primary N) is 1. The van der Waals surface area contributed by atoms with Gasteiger partial charge < -0.3 is 11.1 Å². The molecule has 0 heterocycles. The van der Waals surface area contributed by atoms with Crippen LogP contribution in [0.25, 0.3) is 0 Å². The first-order chi connectivity index (χ1) is 6.73. The van der Waals surface area contributed by atoms with Crippen molar-refractivity contribution in [3.05, 3.63) is 0 Å². The Hall–Kier alpha value is -0.570. The first-order valence-electron chi connectivity index (χ1n) is 5.81. The van der Waals surface area contributed by atoms with E-state index in [2.05, 4.69) is 19.2 Å². The Morgan fingerprint density at radius 2 is 2.07 bits per heavy atom. The maximum atomic E-state index is 11.2. The maximum absolute atomic E-state index is 11.2. The van der Waals surface area contributed by atoms with Crippen LogP contribution in [0.15, 0.2) is 0 Å². The molecule has 1 unspecified atom stereocenters. The topological polar surface area (TPSA) is 55.1 Å². The highest BCUT2D eigenvalue weighted by atomic mass is 16.1. The molecule has 0 aliphatic heterocycles. The second kappa shape index (κ2) is 4.12. The zero-order valence-corrected chi connectivity index (χ0v) is 10.4. The predicted octanol–water partition coefficient (Wildman–Crippen LogP) is 1.81. The van der Waals surface area contributed by atoms with E-state index >= 15 is 0 Å². The Labute approximate surface area is 92.8 Å². The van der Waals surface area contributed by atoms with Crippen molar-refractivity contribution in [2.75, 3.05) is 0 Å². The van der Waals surface area contributed by atoms with Crippen molar-refractivity contribution in [3.8, 4) is 0 Å². The average Bonchev–Trinajstić information content (AvgIpc) is 2.00. The van der Waals surface area contributed by atoms with Crippen molar-refractivity contribution in [2.24, 2.45) is 11.1 Å². The molecule has 1 amide bonds. The molecule has 1 aliphatic rings. The fourth-order valence-electron chi connectivity index (χ4n) is 2.40. The van der Waals surface area contributed by atoms with Crippen molar-refractivity contribution in [1.82, 2.24) is 5.32 Å². The zero-order chi connectivity index (χ0) is 11.7. The molecule has 1 fully saturated rings. The summed E-state index contributed by atoms with van der Waals surface area (Å²) in [5.74, 6) is -0.272. The molecule has 1 rings (SSSR count). The van der Waals surface area contributed by atoms with Gasteiger partial charge in [-0.3, -0.25) is 4.79 Å². The third-order valence-electron chi connectivity index (χ3n) is 3.39. The maximum Gasteiger partial charge on any atom is 0.237 e. The van der Waals surface area contributed by atoms with Gasteiger partial charge in [0.25, 0.3) is 0 Å². The SMILES string of the molecule is CC1(C)CCCC(NC(C)(C)C(N)=O)C1. The second-order valence-corrected chi connectivity index (χ2v) is 6.09. The van der Waals surface area contributed by atoms with Crippen LogP contribution in [0.2, 0.25) is 0 Å². The molecule has 0 spiro atoms. The fourth-order valence-corrected chi connectivity index (χ4v) is 2.40. The molecule has 1 atom stereocenters. The summed E-state index contributed by atoms with van der Waals surface area (Å²) in [6, 6.07) is 0.427. The number of rotatable bonds is 3. The number of carbonyl (C=O) groups excluding carboxylic acids is 1. The molecule has 3 nitrogen and oxygen atoms in total. The summed E-state index contributed by atoms with van der Waals surface area (Å²) < 4.78 is 0. The Morgan fingerprint density at radius 3 is 2.53 bits per heavy atom. The van der Waals surface area contributed by atoms with Crippen LogP contribution in [-0.2, 0) is 4.79 Å². The highest BCUT2D eigenvalue weighted by molar-refractivity contribution is 5.83. The number of carbonyl (C=O) groups is 1. The van der Waals surface area contributed by atoms with Crippen molar-refractivity contribution in [3.63, 3.8) is 0 Å². The van der Waals surface area contributed by atoms with E-state index in [1.807, 2.05) is 13.8 Å². The standard InChI is InChI=1S/C12H24N2O/c1-11(2)7-5-6-9(8-11)14-12(3,4)10(13)15/h9,14H,5-8H2,1-4H3,(H2,13,15). The van der Waals surface area contributed by atoms with E-state index in [0.717, 1.165) is 12.8 Å². The van der Waals surface area contributed by atoms with E-state index in [9.17, 15) is 4.79 Å². The van der Waals surface area contributed by atoms with Crippen LogP contribution in [-0.4, -0.2) is 17.5 Å². The van der Waals surface area contributed by atoms with Crippen LogP contribution in [0.5, 0.6) is 0 Å². The summed E-state index contributed by atoms with van der Waals surface area (Å²) in [4.78, 5) is 11.2. The minimum Gasteiger partial charge on any atom is -0.368 e. The predicted molar refractivity (Wildman–Crippen MR) is 62.4 cm³/mol. The van der Waals surface area contributed by atoms with Crippen molar-refractivity contribution >= 4 is 5.91 Å². The number of hydrogen-bond donors (Lipinski definition) is 2. The van der Waals surface area contributed by atoms with Crippen molar-refractivity contribution in [1.29, 1.82) is 0 Å². The molecule has 0 aromatic rings. The normalized spacial score (nSPS) is 26.3. The van der Waals surface area contributed by atoms with E-state index in [0.29, 0.717) is 11.5 Å². The summed E-state index contributed by atoms with van der Waals surface area (Å²) in [7, 11) is 0. The zero-order valence-electron chi connectivity index (χ0n) is 10.4. The van der Waals surface area contributed by atoms with Crippen LogP contribution in [0.4, 0.5) is 0 Å². The van der Waals surface area contributed by atoms with Gasteiger partial charge in [0.2, 0.25) is 5.91 Å². The summed E-state index contributed by atoms with van der Waals surface area (Å²) in [6.07, 6.45) is 4.80. The Balaban J connectivity index is 2.55. The molecule has 0 bridgehead atoms. The van der Waals surface area contributed by atoms with Gasteiger partial charge in [-0.05, 0) is 38.5 Å². The minimum atomic E-state index is -0.585. The fraction of sp³-hybridized carbons (Fsp3) is 0.917. The number of amides is 1. The smallest absolute Gasteiger partial charge is 0.237 e. The first-order valence-corrected chi connectivity index (χ1v) is 5.81.